The van der Waals surface area contributed by atoms with Gasteiger partial charge < -0.3 is 28.4 Å². The fraction of sp³-hybridized carbons (Fsp3) is 0.314. The van der Waals surface area contributed by atoms with Crippen LogP contribution in [0, 0.1) is 6.92 Å². The number of hydrogen-bond donors (Lipinski definition) is 0. The first-order chi connectivity index (χ1) is 21.1. The summed E-state index contributed by atoms with van der Waals surface area (Å²) in [5.74, 6) is 0.0511. The van der Waals surface area contributed by atoms with Crippen molar-refractivity contribution in [2.45, 2.75) is 20.0 Å². The topological polar surface area (TPSA) is 64.8 Å². The Morgan fingerprint density at radius 1 is 0.814 bits per heavy atom. The first-order valence-corrected chi connectivity index (χ1v) is 15.1. The molecule has 0 N–H and O–H groups in total. The molecule has 0 bridgehead atoms. The first-order valence-electron chi connectivity index (χ1n) is 15.1. The van der Waals surface area contributed by atoms with E-state index in [4.69, 9.17) is 14.5 Å². The summed E-state index contributed by atoms with van der Waals surface area (Å²) in [6.45, 7) is 9.12. The van der Waals surface area contributed by atoms with Gasteiger partial charge >= 0.3 is 0 Å². The van der Waals surface area contributed by atoms with E-state index in [1.54, 1.807) is 0 Å². The highest BCUT2D eigenvalue weighted by atomic mass is 16.5. The summed E-state index contributed by atoms with van der Waals surface area (Å²) >= 11 is 0. The van der Waals surface area contributed by atoms with E-state index in [0.29, 0.717) is 32.8 Å². The van der Waals surface area contributed by atoms with E-state index in [9.17, 15) is 4.79 Å². The van der Waals surface area contributed by atoms with Crippen LogP contribution in [0.4, 0.5) is 5.69 Å². The van der Waals surface area contributed by atoms with Gasteiger partial charge in [-0.2, -0.15) is 0 Å². The van der Waals surface area contributed by atoms with Gasteiger partial charge in [-0.3, -0.25) is 4.79 Å². The molecular formula is C35H37N5O3. The molecule has 7 rings (SSSR count). The van der Waals surface area contributed by atoms with Gasteiger partial charge in [-0.15, -0.1) is 0 Å². The highest BCUT2D eigenvalue weighted by Gasteiger charge is 2.25. The smallest absolute Gasteiger partial charge is 0.256 e. The Morgan fingerprint density at radius 2 is 1.56 bits per heavy atom. The number of aryl methyl sites for hydroxylation is 1. The summed E-state index contributed by atoms with van der Waals surface area (Å²) in [4.78, 5) is 22.9. The molecular weight excluding hydrogens is 538 g/mol. The lowest BCUT2D eigenvalue weighted by Crippen LogP contribution is -2.40. The second-order valence-corrected chi connectivity index (χ2v) is 11.4. The van der Waals surface area contributed by atoms with Crippen LogP contribution in [0.5, 0.6) is 0 Å². The van der Waals surface area contributed by atoms with Crippen molar-refractivity contribution in [3.63, 3.8) is 0 Å². The zero-order valence-corrected chi connectivity index (χ0v) is 24.6. The van der Waals surface area contributed by atoms with Gasteiger partial charge in [-0.25, -0.2) is 4.98 Å². The number of hydrogen-bond acceptors (Lipinski definition) is 5. The van der Waals surface area contributed by atoms with Gasteiger partial charge in [0.15, 0.2) is 0 Å². The van der Waals surface area contributed by atoms with Crippen molar-refractivity contribution >= 4 is 22.4 Å². The molecule has 4 heterocycles. The molecule has 8 heteroatoms. The molecule has 2 aliphatic heterocycles. The lowest BCUT2D eigenvalue weighted by Gasteiger charge is -2.29. The van der Waals surface area contributed by atoms with Crippen molar-refractivity contribution in [1.29, 1.82) is 0 Å². The Kier molecular flexibility index (Phi) is 7.70. The van der Waals surface area contributed by atoms with E-state index in [-0.39, 0.29) is 5.91 Å². The number of fused-ring (bicyclic) bond motifs is 1. The highest BCUT2D eigenvalue weighted by Crippen LogP contribution is 2.33. The number of anilines is 1. The third-order valence-corrected chi connectivity index (χ3v) is 8.62. The number of carbonyl (C=O) groups is 1. The van der Waals surface area contributed by atoms with E-state index in [1.165, 1.54) is 11.3 Å². The van der Waals surface area contributed by atoms with E-state index in [1.807, 2.05) is 17.4 Å². The van der Waals surface area contributed by atoms with Gasteiger partial charge in [0.25, 0.3) is 5.91 Å². The van der Waals surface area contributed by atoms with Crippen LogP contribution in [0.3, 0.4) is 0 Å². The number of nitrogens with zero attached hydrogens (tertiary/aromatic N) is 5. The first kappa shape index (κ1) is 27.4. The fourth-order valence-corrected chi connectivity index (χ4v) is 6.27. The predicted octanol–water partition coefficient (Wildman–Crippen LogP) is 5.22. The Bertz CT molecular complexity index is 1740. The summed E-state index contributed by atoms with van der Waals surface area (Å²) in [5, 5.41) is 2.30. The van der Waals surface area contributed by atoms with Crippen LogP contribution in [-0.4, -0.2) is 77.5 Å². The molecule has 2 aromatic heterocycles. The Morgan fingerprint density at radius 3 is 2.40 bits per heavy atom. The quantitative estimate of drug-likeness (QED) is 0.266. The second-order valence-electron chi connectivity index (χ2n) is 11.4. The van der Waals surface area contributed by atoms with Crippen LogP contribution < -0.4 is 4.90 Å². The molecule has 8 nitrogen and oxygen atoms in total. The largest absolute Gasteiger partial charge is 0.378 e. The molecule has 3 aromatic carbocycles. The van der Waals surface area contributed by atoms with Gasteiger partial charge in [0.05, 0.1) is 56.3 Å². The second kappa shape index (κ2) is 12.1. The van der Waals surface area contributed by atoms with E-state index in [2.05, 4.69) is 93.9 Å². The normalized spacial score (nSPS) is 15.7. The lowest BCUT2D eigenvalue weighted by atomic mass is 9.97. The molecule has 5 aromatic rings. The monoisotopic (exact) mass is 575 g/mol. The summed E-state index contributed by atoms with van der Waals surface area (Å²) < 4.78 is 15.5. The number of carbonyl (C=O) groups excluding carboxylic acids is 1. The standard InChI is InChI=1S/C35H37N5O3/c1-26-34(40(25-36-26)21-27-6-4-9-29(20-27)38-12-16-42-17-13-38)24-37-22-32(31-11-5-8-28-7-2-3-10-30(28)31)33(23-37)35(41)39-14-18-43-19-15-39/h2-11,20,22-23,25H,12-19,21,24H2,1H3. The van der Waals surface area contributed by atoms with Gasteiger partial charge in [0, 0.05) is 56.4 Å². The molecule has 0 unspecified atom stereocenters. The molecule has 0 aliphatic carbocycles. The maximum absolute atomic E-state index is 13.9. The zero-order chi connectivity index (χ0) is 29.2. The van der Waals surface area contributed by atoms with Crippen LogP contribution >= 0.6 is 0 Å². The van der Waals surface area contributed by atoms with Crippen LogP contribution in [0.1, 0.15) is 27.3 Å². The summed E-state index contributed by atoms with van der Waals surface area (Å²) in [6, 6.07) is 23.4. The predicted molar refractivity (Wildman–Crippen MR) is 169 cm³/mol. The van der Waals surface area contributed by atoms with Crippen LogP contribution in [0.15, 0.2) is 85.5 Å². The number of benzene rings is 3. The molecule has 0 spiro atoms. The average molecular weight is 576 g/mol. The minimum atomic E-state index is 0.0511. The molecule has 2 fully saturated rings. The molecule has 0 saturated carbocycles. The Labute approximate surface area is 252 Å². The average Bonchev–Trinajstić information content (AvgIpc) is 3.64. The van der Waals surface area contributed by atoms with Crippen molar-refractivity contribution in [3.8, 4) is 11.1 Å². The molecule has 0 radical (unpaired) electrons. The number of ether oxygens (including phenoxy) is 2. The Hall–Kier alpha value is -4.40. The van der Waals surface area contributed by atoms with Crippen LogP contribution in [0.25, 0.3) is 21.9 Å². The number of aromatic nitrogens is 3. The van der Waals surface area contributed by atoms with Gasteiger partial charge in [0.2, 0.25) is 0 Å². The SMILES string of the molecule is Cc1ncn(Cc2cccc(N3CCOCC3)c2)c1Cn1cc(C(=O)N2CCOCC2)c(-c2cccc3ccccc23)c1. The maximum Gasteiger partial charge on any atom is 0.256 e. The molecule has 2 saturated heterocycles. The van der Waals surface area contributed by atoms with Crippen molar-refractivity contribution < 1.29 is 14.3 Å². The van der Waals surface area contributed by atoms with Gasteiger partial charge in [-0.05, 0) is 41.0 Å². The highest BCUT2D eigenvalue weighted by molar-refractivity contribution is 6.06. The van der Waals surface area contributed by atoms with E-state index in [0.717, 1.165) is 71.7 Å². The maximum atomic E-state index is 13.9. The van der Waals surface area contributed by atoms with Crippen molar-refractivity contribution in [3.05, 3.63) is 108 Å². The third-order valence-electron chi connectivity index (χ3n) is 8.62. The minimum Gasteiger partial charge on any atom is -0.378 e. The third kappa shape index (κ3) is 5.68. The minimum absolute atomic E-state index is 0.0511. The molecule has 1 amide bonds. The fourth-order valence-electron chi connectivity index (χ4n) is 6.27. The van der Waals surface area contributed by atoms with Gasteiger partial charge in [-0.1, -0.05) is 54.6 Å². The number of imidazole rings is 1. The zero-order valence-electron chi connectivity index (χ0n) is 24.6. The molecule has 2 aliphatic rings. The number of amides is 1. The van der Waals surface area contributed by atoms with E-state index < -0.39 is 0 Å². The number of rotatable bonds is 7. The molecule has 43 heavy (non-hydrogen) atoms. The van der Waals surface area contributed by atoms with Crippen LogP contribution in [-0.2, 0) is 22.6 Å². The molecule has 220 valence electrons. The van der Waals surface area contributed by atoms with Crippen molar-refractivity contribution in [2.24, 2.45) is 0 Å². The van der Waals surface area contributed by atoms with E-state index >= 15 is 0 Å². The van der Waals surface area contributed by atoms with Crippen molar-refractivity contribution in [1.82, 2.24) is 19.0 Å². The van der Waals surface area contributed by atoms with Gasteiger partial charge in [0.1, 0.15) is 0 Å². The summed E-state index contributed by atoms with van der Waals surface area (Å²) in [7, 11) is 0. The lowest BCUT2D eigenvalue weighted by molar-refractivity contribution is 0.0303. The molecule has 0 atom stereocenters. The Balaban J connectivity index is 1.22. The summed E-state index contributed by atoms with van der Waals surface area (Å²) in [6.07, 6.45) is 6.08. The van der Waals surface area contributed by atoms with Crippen molar-refractivity contribution in [2.75, 3.05) is 57.5 Å². The van der Waals surface area contributed by atoms with Crippen LogP contribution in [0.2, 0.25) is 0 Å². The summed E-state index contributed by atoms with van der Waals surface area (Å²) in [5.41, 5.74) is 7.33. The number of morpholine rings is 2.